The molecule has 0 spiro atoms. The summed E-state index contributed by atoms with van der Waals surface area (Å²) in [4.78, 5) is 25.5. The fourth-order valence-electron chi connectivity index (χ4n) is 2.97. The van der Waals surface area contributed by atoms with Gasteiger partial charge in [0.2, 0.25) is 0 Å². The maximum atomic E-state index is 12.3. The van der Waals surface area contributed by atoms with Gasteiger partial charge in [0.1, 0.15) is 11.6 Å². The lowest BCUT2D eigenvalue weighted by Gasteiger charge is -2.17. The average molecular weight is 361 g/mol. The number of carboxylic acid groups (broad SMARTS) is 1. The van der Waals surface area contributed by atoms with Gasteiger partial charge in [-0.05, 0) is 60.9 Å². The Morgan fingerprint density at radius 3 is 2.22 bits per heavy atom. The molecule has 6 nitrogen and oxygen atoms in total. The van der Waals surface area contributed by atoms with Crippen LogP contribution in [0.3, 0.4) is 0 Å². The minimum atomic E-state index is -1.04. The van der Waals surface area contributed by atoms with E-state index in [9.17, 15) is 14.9 Å². The summed E-state index contributed by atoms with van der Waals surface area (Å²) < 4.78 is 0. The molecular weight excluding hydrogens is 342 g/mol. The van der Waals surface area contributed by atoms with Crippen LogP contribution in [-0.4, -0.2) is 30.1 Å². The van der Waals surface area contributed by atoms with E-state index in [2.05, 4.69) is 10.2 Å². The quantitative estimate of drug-likeness (QED) is 0.628. The first-order chi connectivity index (χ1) is 13.1. The number of anilines is 2. The number of hydrogen-bond donors (Lipinski definition) is 2. The Morgan fingerprint density at radius 2 is 1.67 bits per heavy atom. The van der Waals surface area contributed by atoms with Gasteiger partial charge in [0.05, 0.1) is 5.56 Å². The van der Waals surface area contributed by atoms with E-state index in [-0.39, 0.29) is 11.1 Å². The number of carbonyl (C=O) groups excluding carboxylic acids is 1. The zero-order valence-electron chi connectivity index (χ0n) is 14.7. The average Bonchev–Trinajstić information content (AvgIpc) is 3.21. The third kappa shape index (κ3) is 4.53. The van der Waals surface area contributed by atoms with Gasteiger partial charge in [0, 0.05) is 24.5 Å². The number of benzene rings is 2. The Labute approximate surface area is 157 Å². The number of nitrogens with one attached hydrogen (secondary N) is 1. The van der Waals surface area contributed by atoms with E-state index in [0.29, 0.717) is 5.69 Å². The zero-order chi connectivity index (χ0) is 19.2. The number of hydrogen-bond acceptors (Lipinski definition) is 4. The van der Waals surface area contributed by atoms with Crippen LogP contribution >= 0.6 is 0 Å². The molecule has 0 atom stereocenters. The smallest absolute Gasteiger partial charge is 0.335 e. The highest BCUT2D eigenvalue weighted by atomic mass is 16.4. The molecule has 1 fully saturated rings. The molecule has 1 saturated heterocycles. The second kappa shape index (κ2) is 8.19. The molecule has 6 heteroatoms. The van der Waals surface area contributed by atoms with E-state index < -0.39 is 11.9 Å². The van der Waals surface area contributed by atoms with Crippen molar-refractivity contribution in [3.05, 3.63) is 65.2 Å². The molecule has 2 aromatic carbocycles. The largest absolute Gasteiger partial charge is 0.478 e. The first-order valence-electron chi connectivity index (χ1n) is 8.68. The maximum absolute atomic E-state index is 12.3. The molecule has 2 N–H and O–H groups in total. The van der Waals surface area contributed by atoms with E-state index in [1.54, 1.807) is 0 Å². The Morgan fingerprint density at radius 1 is 1.04 bits per heavy atom. The summed E-state index contributed by atoms with van der Waals surface area (Å²) in [6, 6.07) is 15.4. The summed E-state index contributed by atoms with van der Waals surface area (Å²) in [5.74, 6) is -1.58. The highest BCUT2D eigenvalue weighted by molar-refractivity contribution is 6.09. The van der Waals surface area contributed by atoms with Gasteiger partial charge in [-0.3, -0.25) is 4.79 Å². The van der Waals surface area contributed by atoms with E-state index in [1.807, 2.05) is 30.3 Å². The van der Waals surface area contributed by atoms with Crippen molar-refractivity contribution in [3.63, 3.8) is 0 Å². The van der Waals surface area contributed by atoms with Crippen LogP contribution in [-0.2, 0) is 4.79 Å². The van der Waals surface area contributed by atoms with Crippen LogP contribution < -0.4 is 10.2 Å². The van der Waals surface area contributed by atoms with E-state index >= 15 is 0 Å². The third-order valence-corrected chi connectivity index (χ3v) is 4.43. The molecule has 1 amide bonds. The lowest BCUT2D eigenvalue weighted by Crippen LogP contribution is -2.17. The van der Waals surface area contributed by atoms with Crippen molar-refractivity contribution in [2.24, 2.45) is 0 Å². The lowest BCUT2D eigenvalue weighted by atomic mass is 10.1. The van der Waals surface area contributed by atoms with Gasteiger partial charge in [0.15, 0.2) is 0 Å². The number of nitrogens with zero attached hydrogens (tertiary/aromatic N) is 2. The molecule has 27 heavy (non-hydrogen) atoms. The molecule has 0 aliphatic carbocycles. The molecular formula is C21H19N3O3. The summed E-state index contributed by atoms with van der Waals surface area (Å²) in [7, 11) is 0. The topological polar surface area (TPSA) is 93.4 Å². The van der Waals surface area contributed by atoms with Crippen molar-refractivity contribution in [2.75, 3.05) is 23.3 Å². The predicted molar refractivity (Wildman–Crippen MR) is 104 cm³/mol. The number of nitriles is 1. The SMILES string of the molecule is N#C/C(=C/c1ccc(N2CCCC2)cc1)C(=O)Nc1ccc(C(=O)O)cc1. The number of carbonyl (C=O) groups is 2. The van der Waals surface area contributed by atoms with E-state index in [0.717, 1.165) is 24.3 Å². The molecule has 0 aromatic heterocycles. The maximum Gasteiger partial charge on any atom is 0.335 e. The van der Waals surface area contributed by atoms with Crippen LogP contribution in [0.5, 0.6) is 0 Å². The van der Waals surface area contributed by atoms with E-state index in [4.69, 9.17) is 5.11 Å². The molecule has 3 rings (SSSR count). The molecule has 1 aliphatic rings. The predicted octanol–water partition coefficient (Wildman–Crippen LogP) is 3.53. The first kappa shape index (κ1) is 18.2. The number of aromatic carboxylic acids is 1. The van der Waals surface area contributed by atoms with Crippen LogP contribution in [0.25, 0.3) is 6.08 Å². The molecule has 0 radical (unpaired) electrons. The fourth-order valence-corrected chi connectivity index (χ4v) is 2.97. The van der Waals surface area contributed by atoms with Crippen LogP contribution in [0, 0.1) is 11.3 Å². The first-order valence-corrected chi connectivity index (χ1v) is 8.68. The molecule has 0 saturated carbocycles. The second-order valence-corrected chi connectivity index (χ2v) is 6.29. The Hall–Kier alpha value is -3.59. The third-order valence-electron chi connectivity index (χ3n) is 4.43. The number of amides is 1. The van der Waals surface area contributed by atoms with Gasteiger partial charge in [-0.15, -0.1) is 0 Å². The number of rotatable bonds is 5. The highest BCUT2D eigenvalue weighted by Gasteiger charge is 2.13. The van der Waals surface area contributed by atoms with Gasteiger partial charge >= 0.3 is 5.97 Å². The van der Waals surface area contributed by atoms with Gasteiger partial charge in [0.25, 0.3) is 5.91 Å². The zero-order valence-corrected chi connectivity index (χ0v) is 14.7. The second-order valence-electron chi connectivity index (χ2n) is 6.29. The summed E-state index contributed by atoms with van der Waals surface area (Å²) in [5.41, 5.74) is 2.45. The normalized spacial score (nSPS) is 13.9. The fraction of sp³-hybridized carbons (Fsp3) is 0.190. The summed E-state index contributed by atoms with van der Waals surface area (Å²) in [6.45, 7) is 2.11. The van der Waals surface area contributed by atoms with Crippen LogP contribution in [0.4, 0.5) is 11.4 Å². The van der Waals surface area contributed by atoms with Crippen LogP contribution in [0.1, 0.15) is 28.8 Å². The molecule has 1 heterocycles. The van der Waals surface area contributed by atoms with Gasteiger partial charge in [-0.25, -0.2) is 4.79 Å². The van der Waals surface area contributed by atoms with Crippen molar-refractivity contribution < 1.29 is 14.7 Å². The van der Waals surface area contributed by atoms with Crippen molar-refractivity contribution in [1.29, 1.82) is 5.26 Å². The Balaban J connectivity index is 1.70. The van der Waals surface area contributed by atoms with Crippen molar-refractivity contribution in [3.8, 4) is 6.07 Å². The standard InChI is InChI=1S/C21H19N3O3/c22-14-17(20(25)23-18-7-5-16(6-8-18)21(26)27)13-15-3-9-19(10-4-15)24-11-1-2-12-24/h3-10,13H,1-2,11-12H2,(H,23,25)(H,26,27)/b17-13-. The lowest BCUT2D eigenvalue weighted by molar-refractivity contribution is -0.112. The minimum absolute atomic E-state index is 0.0220. The van der Waals surface area contributed by atoms with Crippen LogP contribution in [0.15, 0.2) is 54.1 Å². The Bertz CT molecular complexity index is 903. The van der Waals surface area contributed by atoms with E-state index in [1.165, 1.54) is 43.2 Å². The summed E-state index contributed by atoms with van der Waals surface area (Å²) in [5, 5.41) is 20.8. The number of carboxylic acids is 1. The van der Waals surface area contributed by atoms with Crippen molar-refractivity contribution >= 4 is 29.3 Å². The minimum Gasteiger partial charge on any atom is -0.478 e. The summed E-state index contributed by atoms with van der Waals surface area (Å²) >= 11 is 0. The van der Waals surface area contributed by atoms with Gasteiger partial charge in [-0.1, -0.05) is 12.1 Å². The van der Waals surface area contributed by atoms with Gasteiger partial charge in [-0.2, -0.15) is 5.26 Å². The van der Waals surface area contributed by atoms with Crippen molar-refractivity contribution in [1.82, 2.24) is 0 Å². The van der Waals surface area contributed by atoms with Crippen molar-refractivity contribution in [2.45, 2.75) is 12.8 Å². The van der Waals surface area contributed by atoms with Gasteiger partial charge < -0.3 is 15.3 Å². The molecule has 2 aromatic rings. The highest BCUT2D eigenvalue weighted by Crippen LogP contribution is 2.21. The molecule has 136 valence electrons. The monoisotopic (exact) mass is 361 g/mol. The molecule has 0 unspecified atom stereocenters. The summed E-state index contributed by atoms with van der Waals surface area (Å²) in [6.07, 6.45) is 3.94. The molecule has 1 aliphatic heterocycles. The van der Waals surface area contributed by atoms with Crippen LogP contribution in [0.2, 0.25) is 0 Å². The Kier molecular flexibility index (Phi) is 5.53. The molecule has 0 bridgehead atoms.